The normalized spacial score (nSPS) is 12.3. The van der Waals surface area contributed by atoms with Gasteiger partial charge in [0.15, 0.2) is 0 Å². The molecule has 0 bridgehead atoms. The number of nitrogens with zero attached hydrogens (tertiary/aromatic N) is 2. The van der Waals surface area contributed by atoms with Gasteiger partial charge in [-0.25, -0.2) is 4.98 Å². The van der Waals surface area contributed by atoms with Crippen molar-refractivity contribution >= 4 is 38.2 Å². The van der Waals surface area contributed by atoms with E-state index in [2.05, 4.69) is 66.8 Å². The standard InChI is InChI=1S/C19H14N2/c1-11-7-8-13-9-10-16-12(2)20-19-15-6-4-3-5-14(15)17(11)18(13)21(16)19/h3-10H,1-2H3. The van der Waals surface area contributed by atoms with Crippen molar-refractivity contribution in [3.05, 3.63) is 59.8 Å². The van der Waals surface area contributed by atoms with Crippen LogP contribution < -0.4 is 0 Å². The van der Waals surface area contributed by atoms with Gasteiger partial charge in [0.25, 0.3) is 0 Å². The van der Waals surface area contributed by atoms with E-state index in [-0.39, 0.29) is 0 Å². The van der Waals surface area contributed by atoms with Crippen molar-refractivity contribution in [3.63, 3.8) is 0 Å². The first-order chi connectivity index (χ1) is 10.3. The summed E-state index contributed by atoms with van der Waals surface area (Å²) in [5.41, 5.74) is 5.98. The average Bonchev–Trinajstić information content (AvgIpc) is 2.85. The second-order valence-corrected chi connectivity index (χ2v) is 5.82. The molecule has 2 aromatic carbocycles. The Balaban J connectivity index is 2.33. The zero-order valence-corrected chi connectivity index (χ0v) is 12.0. The summed E-state index contributed by atoms with van der Waals surface area (Å²) in [4.78, 5) is 4.84. The van der Waals surface area contributed by atoms with Gasteiger partial charge in [0.2, 0.25) is 0 Å². The second kappa shape index (κ2) is 3.53. The van der Waals surface area contributed by atoms with E-state index in [0.717, 1.165) is 11.3 Å². The Kier molecular flexibility index (Phi) is 1.86. The van der Waals surface area contributed by atoms with Gasteiger partial charge in [0, 0.05) is 10.8 Å². The van der Waals surface area contributed by atoms with Crippen molar-refractivity contribution in [2.24, 2.45) is 0 Å². The number of rotatable bonds is 0. The highest BCUT2D eigenvalue weighted by Crippen LogP contribution is 2.36. The summed E-state index contributed by atoms with van der Waals surface area (Å²) in [7, 11) is 0. The number of aryl methyl sites for hydroxylation is 2. The highest BCUT2D eigenvalue weighted by atomic mass is 15.0. The minimum absolute atomic E-state index is 1.07. The molecule has 100 valence electrons. The van der Waals surface area contributed by atoms with Crippen molar-refractivity contribution < 1.29 is 0 Å². The zero-order chi connectivity index (χ0) is 14.1. The first-order valence-electron chi connectivity index (χ1n) is 7.27. The molecule has 2 heteroatoms. The Morgan fingerprint density at radius 1 is 0.857 bits per heavy atom. The van der Waals surface area contributed by atoms with Gasteiger partial charge in [0.05, 0.1) is 16.7 Å². The summed E-state index contributed by atoms with van der Waals surface area (Å²) < 4.78 is 2.33. The molecule has 0 radical (unpaired) electrons. The molecule has 0 aliphatic heterocycles. The molecule has 0 fully saturated rings. The molecule has 0 saturated carbocycles. The highest BCUT2D eigenvalue weighted by molar-refractivity contribution is 6.18. The summed E-state index contributed by atoms with van der Waals surface area (Å²) in [5, 5.41) is 5.15. The molecule has 3 heterocycles. The molecule has 21 heavy (non-hydrogen) atoms. The molecular formula is C19H14N2. The number of fused-ring (bicyclic) bond motifs is 3. The van der Waals surface area contributed by atoms with Gasteiger partial charge in [-0.2, -0.15) is 0 Å². The molecule has 0 N–H and O–H groups in total. The topological polar surface area (TPSA) is 17.3 Å². The average molecular weight is 270 g/mol. The fourth-order valence-corrected chi connectivity index (χ4v) is 3.63. The lowest BCUT2D eigenvalue weighted by atomic mass is 9.99. The SMILES string of the molecule is Cc1ccc2ccc3c(C)nc4c5ccccc5c1c2n34. The van der Waals surface area contributed by atoms with Crippen LogP contribution in [0.4, 0.5) is 0 Å². The summed E-state index contributed by atoms with van der Waals surface area (Å²) in [6.45, 7) is 4.28. The highest BCUT2D eigenvalue weighted by Gasteiger charge is 2.16. The van der Waals surface area contributed by atoms with Crippen LogP contribution in [-0.4, -0.2) is 9.38 Å². The van der Waals surface area contributed by atoms with Crippen LogP contribution >= 0.6 is 0 Å². The van der Waals surface area contributed by atoms with Crippen molar-refractivity contribution in [1.29, 1.82) is 0 Å². The van der Waals surface area contributed by atoms with E-state index in [1.165, 1.54) is 38.1 Å². The van der Waals surface area contributed by atoms with E-state index in [1.807, 2.05) is 0 Å². The maximum absolute atomic E-state index is 4.84. The summed E-state index contributed by atoms with van der Waals surface area (Å²) in [5.74, 6) is 0. The minimum atomic E-state index is 1.07. The van der Waals surface area contributed by atoms with E-state index in [4.69, 9.17) is 4.98 Å². The predicted octanol–water partition coefficient (Wildman–Crippen LogP) is 4.85. The number of imidazole rings is 1. The van der Waals surface area contributed by atoms with Gasteiger partial charge in [-0.15, -0.1) is 0 Å². The maximum atomic E-state index is 4.84. The lowest BCUT2D eigenvalue weighted by molar-refractivity contribution is 1.30. The lowest BCUT2D eigenvalue weighted by Gasteiger charge is -2.13. The number of aromatic nitrogens is 2. The summed E-state index contributed by atoms with van der Waals surface area (Å²) in [6, 6.07) is 17.4. The van der Waals surface area contributed by atoms with Crippen LogP contribution in [0.3, 0.4) is 0 Å². The Labute approximate surface area is 122 Å². The molecule has 0 unspecified atom stereocenters. The molecule has 5 aromatic rings. The monoisotopic (exact) mass is 270 g/mol. The van der Waals surface area contributed by atoms with Crippen LogP contribution in [0.25, 0.3) is 38.2 Å². The van der Waals surface area contributed by atoms with Gasteiger partial charge in [-0.3, -0.25) is 4.40 Å². The number of pyridine rings is 2. The minimum Gasteiger partial charge on any atom is -0.291 e. The van der Waals surface area contributed by atoms with Crippen LogP contribution in [0.15, 0.2) is 48.5 Å². The van der Waals surface area contributed by atoms with Crippen LogP contribution in [-0.2, 0) is 0 Å². The first kappa shape index (κ1) is 11.1. The summed E-state index contributed by atoms with van der Waals surface area (Å²) in [6.07, 6.45) is 0. The zero-order valence-electron chi connectivity index (χ0n) is 12.0. The fourth-order valence-electron chi connectivity index (χ4n) is 3.63. The lowest BCUT2D eigenvalue weighted by Crippen LogP contribution is -1.95. The predicted molar refractivity (Wildman–Crippen MR) is 88.4 cm³/mol. The summed E-state index contributed by atoms with van der Waals surface area (Å²) >= 11 is 0. The second-order valence-electron chi connectivity index (χ2n) is 5.82. The van der Waals surface area contributed by atoms with Gasteiger partial charge < -0.3 is 0 Å². The Hall–Kier alpha value is -2.61. The number of hydrogen-bond acceptors (Lipinski definition) is 1. The Morgan fingerprint density at radius 2 is 1.62 bits per heavy atom. The fraction of sp³-hybridized carbons (Fsp3) is 0.105. The first-order valence-corrected chi connectivity index (χ1v) is 7.27. The quantitative estimate of drug-likeness (QED) is 0.290. The third kappa shape index (κ3) is 1.21. The van der Waals surface area contributed by atoms with E-state index < -0.39 is 0 Å². The molecule has 5 rings (SSSR count). The van der Waals surface area contributed by atoms with E-state index in [1.54, 1.807) is 0 Å². The van der Waals surface area contributed by atoms with E-state index >= 15 is 0 Å². The van der Waals surface area contributed by atoms with Crippen LogP contribution in [0, 0.1) is 13.8 Å². The van der Waals surface area contributed by atoms with Crippen LogP contribution in [0.2, 0.25) is 0 Å². The molecule has 3 aromatic heterocycles. The van der Waals surface area contributed by atoms with Crippen LogP contribution in [0.1, 0.15) is 11.3 Å². The van der Waals surface area contributed by atoms with Gasteiger partial charge in [-0.1, -0.05) is 42.5 Å². The number of benzene rings is 2. The maximum Gasteiger partial charge on any atom is 0.145 e. The van der Waals surface area contributed by atoms with E-state index in [9.17, 15) is 0 Å². The van der Waals surface area contributed by atoms with Crippen molar-refractivity contribution in [1.82, 2.24) is 9.38 Å². The molecular weight excluding hydrogens is 256 g/mol. The molecule has 0 aliphatic rings. The Bertz CT molecular complexity index is 1140. The molecule has 2 nitrogen and oxygen atoms in total. The van der Waals surface area contributed by atoms with Crippen molar-refractivity contribution in [3.8, 4) is 0 Å². The molecule has 0 atom stereocenters. The van der Waals surface area contributed by atoms with E-state index in [0.29, 0.717) is 0 Å². The van der Waals surface area contributed by atoms with Crippen LogP contribution in [0.5, 0.6) is 0 Å². The number of hydrogen-bond donors (Lipinski definition) is 0. The van der Waals surface area contributed by atoms with Gasteiger partial charge >= 0.3 is 0 Å². The van der Waals surface area contributed by atoms with Gasteiger partial charge in [-0.05, 0) is 36.2 Å². The molecule has 0 amide bonds. The molecule has 0 saturated heterocycles. The largest absolute Gasteiger partial charge is 0.291 e. The molecule has 0 aliphatic carbocycles. The molecule has 0 spiro atoms. The van der Waals surface area contributed by atoms with Crippen molar-refractivity contribution in [2.75, 3.05) is 0 Å². The smallest absolute Gasteiger partial charge is 0.145 e. The van der Waals surface area contributed by atoms with Crippen molar-refractivity contribution in [2.45, 2.75) is 13.8 Å². The Morgan fingerprint density at radius 3 is 2.48 bits per heavy atom. The van der Waals surface area contributed by atoms with Gasteiger partial charge in [0.1, 0.15) is 5.65 Å². The third-order valence-electron chi connectivity index (χ3n) is 4.60. The third-order valence-corrected chi connectivity index (χ3v) is 4.60.